The van der Waals surface area contributed by atoms with E-state index in [1.807, 2.05) is 22.7 Å². The number of rotatable bonds is 5. The van der Waals surface area contributed by atoms with Crippen molar-refractivity contribution in [2.24, 2.45) is 11.8 Å². The molecule has 1 saturated carbocycles. The van der Waals surface area contributed by atoms with Crippen LogP contribution in [0.3, 0.4) is 0 Å². The van der Waals surface area contributed by atoms with Crippen LogP contribution in [-0.4, -0.2) is 50.6 Å². The average molecular weight is 416 g/mol. The van der Waals surface area contributed by atoms with E-state index in [2.05, 4.69) is 22.3 Å². The fourth-order valence-electron chi connectivity index (χ4n) is 4.66. The molecule has 3 heterocycles. The molecule has 1 unspecified atom stereocenters. The van der Waals surface area contributed by atoms with Gasteiger partial charge in [0.05, 0.1) is 21.8 Å². The summed E-state index contributed by atoms with van der Waals surface area (Å²) >= 11 is 6.16. The molecule has 29 heavy (non-hydrogen) atoms. The van der Waals surface area contributed by atoms with Crippen molar-refractivity contribution in [1.82, 2.24) is 25.0 Å². The number of pyridine rings is 1. The van der Waals surface area contributed by atoms with E-state index in [0.29, 0.717) is 29.2 Å². The van der Waals surface area contributed by atoms with E-state index in [1.54, 1.807) is 12.3 Å². The van der Waals surface area contributed by atoms with Crippen LogP contribution in [0.5, 0.6) is 0 Å². The molecule has 1 saturated heterocycles. The summed E-state index contributed by atoms with van der Waals surface area (Å²) in [6.45, 7) is 6.02. The summed E-state index contributed by atoms with van der Waals surface area (Å²) in [6, 6.07) is 1.75. The number of carbonyl (C=O) groups is 2. The van der Waals surface area contributed by atoms with Gasteiger partial charge in [0.15, 0.2) is 0 Å². The molecule has 2 fully saturated rings. The number of nitrogens with one attached hydrogen (secondary N) is 1. The van der Waals surface area contributed by atoms with Crippen molar-refractivity contribution >= 4 is 23.4 Å². The van der Waals surface area contributed by atoms with E-state index in [4.69, 9.17) is 11.6 Å². The minimum absolute atomic E-state index is 0.0595. The van der Waals surface area contributed by atoms with Gasteiger partial charge in [-0.2, -0.15) is 5.10 Å². The van der Waals surface area contributed by atoms with Crippen LogP contribution in [0.4, 0.5) is 0 Å². The summed E-state index contributed by atoms with van der Waals surface area (Å²) in [7, 11) is 0. The summed E-state index contributed by atoms with van der Waals surface area (Å²) < 4.78 is 1.83. The SMILES string of the molecule is CCCn1cc(C(=O)NC2[C@@H]3CC[C@H]2CN(C(=O)c2ccncc2Cl)C3)c(C)n1. The minimum atomic E-state index is -0.0660. The monoisotopic (exact) mass is 415 g/mol. The van der Waals surface area contributed by atoms with Crippen LogP contribution in [-0.2, 0) is 6.54 Å². The predicted octanol–water partition coefficient (Wildman–Crippen LogP) is 2.93. The fourth-order valence-corrected chi connectivity index (χ4v) is 4.86. The molecule has 0 radical (unpaired) electrons. The van der Waals surface area contributed by atoms with Crippen molar-refractivity contribution in [3.8, 4) is 0 Å². The third kappa shape index (κ3) is 3.88. The number of aryl methyl sites for hydroxylation is 2. The molecule has 2 aromatic heterocycles. The summed E-state index contributed by atoms with van der Waals surface area (Å²) in [6.07, 6.45) is 7.91. The number of hydrogen-bond acceptors (Lipinski definition) is 4. The molecule has 2 aliphatic rings. The van der Waals surface area contributed by atoms with Crippen molar-refractivity contribution < 1.29 is 9.59 Å². The zero-order valence-corrected chi connectivity index (χ0v) is 17.5. The summed E-state index contributed by atoms with van der Waals surface area (Å²) in [5.41, 5.74) is 1.88. The highest BCUT2D eigenvalue weighted by Crippen LogP contribution is 2.38. The zero-order chi connectivity index (χ0) is 20.5. The Kier molecular flexibility index (Phi) is 5.58. The molecule has 0 spiro atoms. The highest BCUT2D eigenvalue weighted by Gasteiger charge is 2.44. The molecule has 1 N–H and O–H groups in total. The largest absolute Gasteiger partial charge is 0.349 e. The Morgan fingerprint density at radius 2 is 1.97 bits per heavy atom. The summed E-state index contributed by atoms with van der Waals surface area (Å²) in [4.78, 5) is 31.6. The second-order valence-corrected chi connectivity index (χ2v) is 8.46. The Labute approximate surface area is 175 Å². The first-order chi connectivity index (χ1) is 14.0. The lowest BCUT2D eigenvalue weighted by molar-refractivity contribution is 0.0598. The second kappa shape index (κ2) is 8.14. The molecule has 4 rings (SSSR count). The Morgan fingerprint density at radius 3 is 2.62 bits per heavy atom. The smallest absolute Gasteiger partial charge is 0.255 e. The van der Waals surface area contributed by atoms with Crippen LogP contribution in [0.2, 0.25) is 5.02 Å². The first kappa shape index (κ1) is 19.9. The number of carbonyl (C=O) groups excluding carboxylic acids is 2. The van der Waals surface area contributed by atoms with E-state index >= 15 is 0 Å². The molecule has 154 valence electrons. The standard InChI is InChI=1S/C21H26ClN5O2/c1-3-8-27-12-17(13(2)25-27)20(28)24-19-14-4-5-15(19)11-26(10-14)21(29)16-6-7-23-9-18(16)22/h6-7,9,12,14-15,19H,3-5,8,10-11H2,1-2H3,(H,24,28)/t14-,15+,19?. The number of likely N-dealkylation sites (tertiary alicyclic amines) is 1. The number of hydrogen-bond donors (Lipinski definition) is 1. The molecular formula is C21H26ClN5O2. The Morgan fingerprint density at radius 1 is 1.24 bits per heavy atom. The lowest BCUT2D eigenvalue weighted by atomic mass is 9.91. The first-order valence-corrected chi connectivity index (χ1v) is 10.6. The van der Waals surface area contributed by atoms with Gasteiger partial charge in [-0.15, -0.1) is 0 Å². The van der Waals surface area contributed by atoms with Gasteiger partial charge in [0.1, 0.15) is 0 Å². The van der Waals surface area contributed by atoms with Crippen LogP contribution < -0.4 is 5.32 Å². The maximum absolute atomic E-state index is 12.9. The molecular weight excluding hydrogens is 390 g/mol. The van der Waals surface area contributed by atoms with Crippen molar-refractivity contribution in [3.05, 3.63) is 46.5 Å². The van der Waals surface area contributed by atoms with E-state index < -0.39 is 0 Å². The molecule has 2 amide bonds. The van der Waals surface area contributed by atoms with Crippen LogP contribution in [0.25, 0.3) is 0 Å². The molecule has 2 aromatic rings. The Balaban J connectivity index is 1.44. The Bertz CT molecular complexity index is 914. The summed E-state index contributed by atoms with van der Waals surface area (Å²) in [5.74, 6) is 0.390. The van der Waals surface area contributed by atoms with Crippen LogP contribution in [0.15, 0.2) is 24.7 Å². The maximum atomic E-state index is 12.9. The highest BCUT2D eigenvalue weighted by molar-refractivity contribution is 6.33. The van der Waals surface area contributed by atoms with Crippen LogP contribution >= 0.6 is 11.6 Å². The number of nitrogens with zero attached hydrogens (tertiary/aromatic N) is 4. The van der Waals surface area contributed by atoms with Crippen molar-refractivity contribution in [1.29, 1.82) is 0 Å². The van der Waals surface area contributed by atoms with Gasteiger partial charge in [-0.3, -0.25) is 19.3 Å². The van der Waals surface area contributed by atoms with Crippen LogP contribution in [0.1, 0.15) is 52.6 Å². The normalized spacial score (nSPS) is 23.3. The number of amides is 2. The van der Waals surface area contributed by atoms with Crippen molar-refractivity contribution in [2.75, 3.05) is 13.1 Å². The summed E-state index contributed by atoms with van der Waals surface area (Å²) in [5, 5.41) is 8.04. The number of fused-ring (bicyclic) bond motifs is 2. The lowest BCUT2D eigenvalue weighted by Gasteiger charge is -2.38. The second-order valence-electron chi connectivity index (χ2n) is 8.05. The molecule has 7 nitrogen and oxygen atoms in total. The average Bonchev–Trinajstić information content (AvgIpc) is 3.16. The molecule has 1 aliphatic heterocycles. The van der Waals surface area contributed by atoms with E-state index in [1.165, 1.54) is 6.20 Å². The molecule has 0 aromatic carbocycles. The third-order valence-corrected chi connectivity index (χ3v) is 6.37. The topological polar surface area (TPSA) is 80.1 Å². The lowest BCUT2D eigenvalue weighted by Crippen LogP contribution is -2.54. The molecule has 1 aliphatic carbocycles. The minimum Gasteiger partial charge on any atom is -0.349 e. The first-order valence-electron chi connectivity index (χ1n) is 10.2. The van der Waals surface area contributed by atoms with Gasteiger partial charge in [0.25, 0.3) is 11.8 Å². The number of halogens is 1. The third-order valence-electron chi connectivity index (χ3n) is 6.07. The highest BCUT2D eigenvalue weighted by atomic mass is 35.5. The maximum Gasteiger partial charge on any atom is 0.255 e. The molecule has 2 bridgehead atoms. The van der Waals surface area contributed by atoms with Gasteiger partial charge in [-0.05, 0) is 44.1 Å². The van der Waals surface area contributed by atoms with Crippen LogP contribution in [0, 0.1) is 18.8 Å². The molecule has 3 atom stereocenters. The number of piperidine rings is 1. The van der Waals surface area contributed by atoms with Crippen molar-refractivity contribution in [3.63, 3.8) is 0 Å². The van der Waals surface area contributed by atoms with Gasteiger partial charge < -0.3 is 10.2 Å². The predicted molar refractivity (Wildman–Crippen MR) is 110 cm³/mol. The zero-order valence-electron chi connectivity index (χ0n) is 16.8. The van der Waals surface area contributed by atoms with E-state index in [0.717, 1.165) is 31.5 Å². The van der Waals surface area contributed by atoms with Crippen molar-refractivity contribution in [2.45, 2.75) is 45.7 Å². The van der Waals surface area contributed by atoms with E-state index in [-0.39, 0.29) is 29.7 Å². The quantitative estimate of drug-likeness (QED) is 0.814. The van der Waals surface area contributed by atoms with Gasteiger partial charge in [-0.1, -0.05) is 18.5 Å². The van der Waals surface area contributed by atoms with Gasteiger partial charge in [-0.25, -0.2) is 0 Å². The fraction of sp³-hybridized carbons (Fsp3) is 0.524. The number of aromatic nitrogens is 3. The van der Waals surface area contributed by atoms with E-state index in [9.17, 15) is 9.59 Å². The van der Waals surface area contributed by atoms with Gasteiger partial charge in [0.2, 0.25) is 0 Å². The molecule has 8 heteroatoms. The Hall–Kier alpha value is -2.41. The van der Waals surface area contributed by atoms with Gasteiger partial charge in [0, 0.05) is 44.3 Å². The van der Waals surface area contributed by atoms with Gasteiger partial charge >= 0.3 is 0 Å².